The van der Waals surface area contributed by atoms with Crippen LogP contribution in [0.2, 0.25) is 0 Å². The third kappa shape index (κ3) is 1.73. The van der Waals surface area contributed by atoms with Gasteiger partial charge in [0.15, 0.2) is 0 Å². The van der Waals surface area contributed by atoms with Crippen molar-refractivity contribution >= 4 is 53.3 Å². The van der Waals surface area contributed by atoms with Gasteiger partial charge in [0.05, 0.1) is 0 Å². The molecule has 0 bridgehead atoms. The average Bonchev–Trinajstić information content (AvgIpc) is 2.47. The number of hydrogen-bond acceptors (Lipinski definition) is 1. The van der Waals surface area contributed by atoms with Crippen LogP contribution in [0.25, 0.3) is 10.1 Å². The molecule has 1 aromatic carbocycles. The van der Waals surface area contributed by atoms with Crippen molar-refractivity contribution in [1.29, 1.82) is 0 Å². The van der Waals surface area contributed by atoms with Gasteiger partial charge in [-0.1, -0.05) is 15.9 Å². The molecule has 5 heteroatoms. The van der Waals surface area contributed by atoms with E-state index in [0.29, 0.717) is 5.39 Å². The molecular weight excluding hydrogens is 338 g/mol. The maximum absolute atomic E-state index is 12.6. The number of rotatable bonds is 1. The van der Waals surface area contributed by atoms with Gasteiger partial charge in [0.1, 0.15) is 0 Å². The first kappa shape index (κ1) is 10.5. The molecule has 2 aromatic rings. The van der Waals surface area contributed by atoms with E-state index >= 15 is 0 Å². The van der Waals surface area contributed by atoms with Crippen molar-refractivity contribution in [3.8, 4) is 0 Å². The van der Waals surface area contributed by atoms with Crippen LogP contribution in [0.3, 0.4) is 0 Å². The SMILES string of the molecule is FC(F)c1csc2c(Br)cc(Br)cc12. The monoisotopic (exact) mass is 340 g/mol. The molecule has 0 fully saturated rings. The van der Waals surface area contributed by atoms with Gasteiger partial charge in [0.2, 0.25) is 0 Å². The average molecular weight is 342 g/mol. The van der Waals surface area contributed by atoms with E-state index in [4.69, 9.17) is 0 Å². The molecule has 0 amide bonds. The smallest absolute Gasteiger partial charge is 0.205 e. The number of alkyl halides is 2. The summed E-state index contributed by atoms with van der Waals surface area (Å²) in [6.07, 6.45) is -2.41. The first-order valence-electron chi connectivity index (χ1n) is 3.74. The summed E-state index contributed by atoms with van der Waals surface area (Å²) in [4.78, 5) is 0. The molecule has 0 saturated carbocycles. The molecule has 0 unspecified atom stereocenters. The normalized spacial score (nSPS) is 11.5. The Bertz CT molecular complexity index is 479. The third-order valence-corrected chi connectivity index (χ3v) is 4.25. The highest BCUT2D eigenvalue weighted by molar-refractivity contribution is 9.11. The Hall–Kier alpha value is -0.000000000000000111. The first-order valence-corrected chi connectivity index (χ1v) is 6.20. The Labute approximate surface area is 100 Å². The van der Waals surface area contributed by atoms with Crippen LogP contribution in [0, 0.1) is 0 Å². The minimum absolute atomic E-state index is 0.104. The van der Waals surface area contributed by atoms with Gasteiger partial charge in [0.25, 0.3) is 6.43 Å². The zero-order valence-corrected chi connectivity index (χ0v) is 10.7. The largest absolute Gasteiger partial charge is 0.265 e. The van der Waals surface area contributed by atoms with Crippen LogP contribution >= 0.6 is 43.2 Å². The van der Waals surface area contributed by atoms with E-state index in [1.807, 2.05) is 6.07 Å². The lowest BCUT2D eigenvalue weighted by atomic mass is 10.2. The second-order valence-electron chi connectivity index (χ2n) is 2.76. The number of halogens is 4. The summed E-state index contributed by atoms with van der Waals surface area (Å²) in [5.74, 6) is 0. The molecule has 0 N–H and O–H groups in total. The fourth-order valence-electron chi connectivity index (χ4n) is 1.25. The molecule has 0 radical (unpaired) electrons. The summed E-state index contributed by atoms with van der Waals surface area (Å²) in [6.45, 7) is 0. The van der Waals surface area contributed by atoms with E-state index in [1.165, 1.54) is 16.7 Å². The molecule has 0 atom stereocenters. The molecule has 1 aromatic heterocycles. The number of benzene rings is 1. The molecule has 0 aliphatic carbocycles. The van der Waals surface area contributed by atoms with Crippen molar-refractivity contribution < 1.29 is 8.78 Å². The van der Waals surface area contributed by atoms with E-state index in [9.17, 15) is 8.78 Å². The second kappa shape index (κ2) is 3.87. The van der Waals surface area contributed by atoms with Crippen LogP contribution in [0.5, 0.6) is 0 Å². The van der Waals surface area contributed by atoms with Crippen molar-refractivity contribution in [2.75, 3.05) is 0 Å². The van der Waals surface area contributed by atoms with Gasteiger partial charge in [0, 0.05) is 30.0 Å². The Balaban J connectivity index is 2.78. The second-order valence-corrected chi connectivity index (χ2v) is 5.41. The lowest BCUT2D eigenvalue weighted by molar-refractivity contribution is 0.153. The van der Waals surface area contributed by atoms with E-state index in [2.05, 4.69) is 31.9 Å². The molecule has 0 nitrogen and oxygen atoms in total. The molecule has 0 aliphatic rings. The standard InChI is InChI=1S/C9H4Br2F2S/c10-4-1-5-6(9(12)13)3-14-8(5)7(11)2-4/h1-3,9H. The minimum Gasteiger partial charge on any atom is -0.205 e. The molecule has 0 aliphatic heterocycles. The van der Waals surface area contributed by atoms with Gasteiger partial charge in [-0.3, -0.25) is 0 Å². The fraction of sp³-hybridized carbons (Fsp3) is 0.111. The van der Waals surface area contributed by atoms with Crippen LogP contribution < -0.4 is 0 Å². The Morgan fingerprint density at radius 3 is 2.57 bits per heavy atom. The van der Waals surface area contributed by atoms with Gasteiger partial charge in [-0.05, 0) is 28.1 Å². The summed E-state index contributed by atoms with van der Waals surface area (Å²) >= 11 is 7.96. The summed E-state index contributed by atoms with van der Waals surface area (Å²) in [5.41, 5.74) is 0.104. The van der Waals surface area contributed by atoms with Crippen LogP contribution in [-0.4, -0.2) is 0 Å². The van der Waals surface area contributed by atoms with Gasteiger partial charge in [-0.15, -0.1) is 11.3 Å². The highest BCUT2D eigenvalue weighted by atomic mass is 79.9. The molecule has 1 heterocycles. The van der Waals surface area contributed by atoms with Gasteiger partial charge < -0.3 is 0 Å². The fourth-order valence-corrected chi connectivity index (χ4v) is 3.70. The first-order chi connectivity index (χ1) is 6.59. The quantitative estimate of drug-likeness (QED) is 0.654. The summed E-state index contributed by atoms with van der Waals surface area (Å²) in [5, 5.41) is 2.12. The Morgan fingerprint density at radius 1 is 1.21 bits per heavy atom. The molecule has 2 rings (SSSR count). The van der Waals surface area contributed by atoms with E-state index in [0.717, 1.165) is 13.6 Å². The summed E-state index contributed by atoms with van der Waals surface area (Å²) in [7, 11) is 0. The number of thiophene rings is 1. The molecule has 0 saturated heterocycles. The zero-order chi connectivity index (χ0) is 10.3. The summed E-state index contributed by atoms with van der Waals surface area (Å²) < 4.78 is 27.7. The Morgan fingerprint density at radius 2 is 1.93 bits per heavy atom. The molecule has 74 valence electrons. The van der Waals surface area contributed by atoms with Crippen LogP contribution in [-0.2, 0) is 0 Å². The minimum atomic E-state index is -2.41. The number of hydrogen-bond donors (Lipinski definition) is 0. The maximum atomic E-state index is 12.6. The topological polar surface area (TPSA) is 0 Å². The highest BCUT2D eigenvalue weighted by Crippen LogP contribution is 2.38. The van der Waals surface area contributed by atoms with E-state index in [-0.39, 0.29) is 5.56 Å². The van der Waals surface area contributed by atoms with Crippen molar-refractivity contribution in [2.24, 2.45) is 0 Å². The van der Waals surface area contributed by atoms with Crippen molar-refractivity contribution in [2.45, 2.75) is 6.43 Å². The van der Waals surface area contributed by atoms with Crippen LogP contribution in [0.1, 0.15) is 12.0 Å². The lowest BCUT2D eigenvalue weighted by Gasteiger charge is -1.99. The van der Waals surface area contributed by atoms with Gasteiger partial charge >= 0.3 is 0 Å². The van der Waals surface area contributed by atoms with E-state index < -0.39 is 6.43 Å². The highest BCUT2D eigenvalue weighted by Gasteiger charge is 2.15. The van der Waals surface area contributed by atoms with E-state index in [1.54, 1.807) is 6.07 Å². The van der Waals surface area contributed by atoms with Gasteiger partial charge in [-0.25, -0.2) is 8.78 Å². The van der Waals surface area contributed by atoms with Crippen LogP contribution in [0.4, 0.5) is 8.78 Å². The van der Waals surface area contributed by atoms with Crippen molar-refractivity contribution in [3.05, 3.63) is 32.0 Å². The molecule has 0 spiro atoms. The third-order valence-electron chi connectivity index (χ3n) is 1.86. The number of fused-ring (bicyclic) bond motifs is 1. The lowest BCUT2D eigenvalue weighted by Crippen LogP contribution is -1.80. The predicted molar refractivity (Wildman–Crippen MR) is 62.2 cm³/mol. The summed E-state index contributed by atoms with van der Waals surface area (Å²) in [6, 6.07) is 3.58. The maximum Gasteiger partial charge on any atom is 0.265 e. The van der Waals surface area contributed by atoms with Crippen LogP contribution in [0.15, 0.2) is 26.5 Å². The molecule has 14 heavy (non-hydrogen) atoms. The zero-order valence-electron chi connectivity index (χ0n) is 6.73. The molecular formula is C9H4Br2F2S. The van der Waals surface area contributed by atoms with Crippen molar-refractivity contribution in [1.82, 2.24) is 0 Å². The van der Waals surface area contributed by atoms with Crippen molar-refractivity contribution in [3.63, 3.8) is 0 Å². The Kier molecular flexibility index (Phi) is 2.91. The van der Waals surface area contributed by atoms with Gasteiger partial charge in [-0.2, -0.15) is 0 Å². The predicted octanol–water partition coefficient (Wildman–Crippen LogP) is 5.36.